The summed E-state index contributed by atoms with van der Waals surface area (Å²) in [6, 6.07) is 6.87. The maximum atomic E-state index is 12.3. The number of benzene rings is 1. The largest absolute Gasteiger partial charge is 0.365 e. The summed E-state index contributed by atoms with van der Waals surface area (Å²) < 4.78 is 0.931. The highest BCUT2D eigenvalue weighted by Crippen LogP contribution is 2.36. The van der Waals surface area contributed by atoms with E-state index in [2.05, 4.69) is 38.4 Å². The third kappa shape index (κ3) is 4.02. The van der Waals surface area contributed by atoms with E-state index in [-0.39, 0.29) is 0 Å². The van der Waals surface area contributed by atoms with Gasteiger partial charge >= 0.3 is 6.03 Å². The molecule has 3 rings (SSSR count). The lowest BCUT2D eigenvalue weighted by atomic mass is 10.0. The number of thiophene rings is 1. The first kappa shape index (κ1) is 17.9. The Hall–Kier alpha value is -1.90. The lowest BCUT2D eigenvalue weighted by Gasteiger charge is -2.25. The minimum atomic E-state index is -0.499. The summed E-state index contributed by atoms with van der Waals surface area (Å²) in [5.41, 5.74) is 7.66. The number of primary amides is 1. The van der Waals surface area contributed by atoms with Gasteiger partial charge in [-0.25, -0.2) is 4.79 Å². The van der Waals surface area contributed by atoms with E-state index in [1.54, 1.807) is 12.1 Å². The Balaban J connectivity index is 1.79. The zero-order valence-electron chi connectivity index (χ0n) is 13.8. The van der Waals surface area contributed by atoms with Gasteiger partial charge in [0, 0.05) is 28.1 Å². The summed E-state index contributed by atoms with van der Waals surface area (Å²) in [4.78, 5) is 27.6. The number of carbonyl (C=O) groups is 2. The summed E-state index contributed by atoms with van der Waals surface area (Å²) in [6.45, 7) is 4.74. The molecule has 4 N–H and O–H groups in total. The van der Waals surface area contributed by atoms with E-state index in [9.17, 15) is 9.59 Å². The molecule has 3 amide bonds. The lowest BCUT2D eigenvalue weighted by Crippen LogP contribution is -2.30. The number of amides is 3. The van der Waals surface area contributed by atoms with Crippen molar-refractivity contribution in [3.63, 3.8) is 0 Å². The van der Waals surface area contributed by atoms with E-state index < -0.39 is 11.9 Å². The van der Waals surface area contributed by atoms with Gasteiger partial charge in [-0.1, -0.05) is 22.9 Å². The summed E-state index contributed by atoms with van der Waals surface area (Å²) in [5.74, 6) is -0.499. The van der Waals surface area contributed by atoms with Crippen LogP contribution in [-0.4, -0.2) is 29.9 Å². The normalized spacial score (nSPS) is 14.0. The number of fused-ring (bicyclic) bond motifs is 1. The van der Waals surface area contributed by atoms with Crippen LogP contribution in [0.2, 0.25) is 0 Å². The van der Waals surface area contributed by atoms with Crippen LogP contribution in [0.3, 0.4) is 0 Å². The standard InChI is InChI=1S/C17H19BrN4O2S/c1-2-22-8-7-12-13(9-22)25-16(14(12)15(19)23)21-17(24)20-11-5-3-10(18)4-6-11/h3-6H,2,7-9H2,1H3,(H2,19,23)(H2,20,21,24). The topological polar surface area (TPSA) is 87.5 Å². The molecule has 1 aliphatic heterocycles. The van der Waals surface area contributed by atoms with Crippen molar-refractivity contribution in [3.05, 3.63) is 44.7 Å². The minimum absolute atomic E-state index is 0.393. The number of carbonyl (C=O) groups excluding carboxylic acids is 2. The molecule has 0 spiro atoms. The maximum Gasteiger partial charge on any atom is 0.324 e. The van der Waals surface area contributed by atoms with E-state index in [0.717, 1.165) is 41.0 Å². The van der Waals surface area contributed by atoms with Crippen molar-refractivity contribution >= 4 is 49.9 Å². The predicted molar refractivity (Wildman–Crippen MR) is 104 cm³/mol. The zero-order valence-corrected chi connectivity index (χ0v) is 16.2. The van der Waals surface area contributed by atoms with Gasteiger partial charge in [0.05, 0.1) is 5.56 Å². The van der Waals surface area contributed by atoms with Crippen molar-refractivity contribution in [1.29, 1.82) is 0 Å². The van der Waals surface area contributed by atoms with Crippen molar-refractivity contribution in [1.82, 2.24) is 4.90 Å². The molecular formula is C17H19BrN4O2S. The third-order valence-corrected chi connectivity index (χ3v) is 5.82. The summed E-state index contributed by atoms with van der Waals surface area (Å²) in [5, 5.41) is 6.06. The van der Waals surface area contributed by atoms with E-state index in [0.29, 0.717) is 16.3 Å². The Morgan fingerprint density at radius 3 is 2.64 bits per heavy atom. The zero-order chi connectivity index (χ0) is 18.0. The molecule has 0 saturated heterocycles. The van der Waals surface area contributed by atoms with Crippen molar-refractivity contribution in [2.75, 3.05) is 23.7 Å². The number of nitrogens with zero attached hydrogens (tertiary/aromatic N) is 1. The van der Waals surface area contributed by atoms with Crippen LogP contribution >= 0.6 is 27.3 Å². The van der Waals surface area contributed by atoms with E-state index in [1.165, 1.54) is 11.3 Å². The molecule has 2 aromatic rings. The minimum Gasteiger partial charge on any atom is -0.365 e. The first-order valence-corrected chi connectivity index (χ1v) is 9.59. The van der Waals surface area contributed by atoms with Crippen molar-refractivity contribution in [3.8, 4) is 0 Å². The van der Waals surface area contributed by atoms with Gasteiger partial charge < -0.3 is 11.1 Å². The third-order valence-electron chi connectivity index (χ3n) is 4.16. The van der Waals surface area contributed by atoms with Crippen LogP contribution < -0.4 is 16.4 Å². The van der Waals surface area contributed by atoms with Crippen LogP contribution in [0.25, 0.3) is 0 Å². The number of nitrogens with one attached hydrogen (secondary N) is 2. The molecule has 1 aromatic heterocycles. The Morgan fingerprint density at radius 2 is 2.00 bits per heavy atom. The Bertz CT molecular complexity index is 804. The highest BCUT2D eigenvalue weighted by molar-refractivity contribution is 9.10. The van der Waals surface area contributed by atoms with Gasteiger partial charge in [0.15, 0.2) is 0 Å². The van der Waals surface area contributed by atoms with E-state index in [4.69, 9.17) is 5.73 Å². The molecule has 2 heterocycles. The fourth-order valence-electron chi connectivity index (χ4n) is 2.87. The van der Waals surface area contributed by atoms with Crippen molar-refractivity contribution < 1.29 is 9.59 Å². The second-order valence-electron chi connectivity index (χ2n) is 5.78. The van der Waals surface area contributed by atoms with Crippen LogP contribution in [0.4, 0.5) is 15.5 Å². The van der Waals surface area contributed by atoms with Gasteiger partial charge in [-0.3, -0.25) is 15.0 Å². The lowest BCUT2D eigenvalue weighted by molar-refractivity contribution is 0.1000. The van der Waals surface area contributed by atoms with Gasteiger partial charge in [-0.15, -0.1) is 11.3 Å². The molecule has 0 radical (unpaired) electrons. The maximum absolute atomic E-state index is 12.3. The quantitative estimate of drug-likeness (QED) is 0.702. The predicted octanol–water partition coefficient (Wildman–Crippen LogP) is 3.63. The molecule has 1 aromatic carbocycles. The number of rotatable bonds is 4. The molecule has 0 atom stereocenters. The smallest absolute Gasteiger partial charge is 0.324 e. The highest BCUT2D eigenvalue weighted by atomic mass is 79.9. The van der Waals surface area contributed by atoms with Gasteiger partial charge in [-0.2, -0.15) is 0 Å². The van der Waals surface area contributed by atoms with Crippen molar-refractivity contribution in [2.24, 2.45) is 5.73 Å². The van der Waals surface area contributed by atoms with Gasteiger partial charge in [0.2, 0.25) is 0 Å². The molecule has 0 fully saturated rings. The molecular weight excluding hydrogens is 404 g/mol. The molecule has 0 saturated carbocycles. The van der Waals surface area contributed by atoms with Crippen LogP contribution in [0.1, 0.15) is 27.7 Å². The summed E-state index contributed by atoms with van der Waals surface area (Å²) in [7, 11) is 0. The number of nitrogens with two attached hydrogens (primary N) is 1. The van der Waals surface area contributed by atoms with Gasteiger partial charge in [0.25, 0.3) is 5.91 Å². The number of likely N-dealkylation sites (N-methyl/N-ethyl adjacent to an activating group) is 1. The molecule has 25 heavy (non-hydrogen) atoms. The fourth-order valence-corrected chi connectivity index (χ4v) is 4.43. The Labute approximate surface area is 158 Å². The highest BCUT2D eigenvalue weighted by Gasteiger charge is 2.27. The number of urea groups is 1. The van der Waals surface area contributed by atoms with E-state index in [1.807, 2.05) is 12.1 Å². The van der Waals surface area contributed by atoms with Gasteiger partial charge in [0.1, 0.15) is 5.00 Å². The molecule has 8 heteroatoms. The number of hydrogen-bond donors (Lipinski definition) is 3. The monoisotopic (exact) mass is 422 g/mol. The molecule has 0 bridgehead atoms. The first-order valence-electron chi connectivity index (χ1n) is 7.98. The van der Waals surface area contributed by atoms with Crippen LogP contribution in [0.15, 0.2) is 28.7 Å². The summed E-state index contributed by atoms with van der Waals surface area (Å²) in [6.07, 6.45) is 0.772. The Kier molecular flexibility index (Phi) is 5.41. The molecule has 0 unspecified atom stereocenters. The van der Waals surface area contributed by atoms with Crippen LogP contribution in [0, 0.1) is 0 Å². The van der Waals surface area contributed by atoms with E-state index >= 15 is 0 Å². The average molecular weight is 423 g/mol. The number of anilines is 2. The van der Waals surface area contributed by atoms with Crippen LogP contribution in [-0.2, 0) is 13.0 Å². The second-order valence-corrected chi connectivity index (χ2v) is 7.80. The average Bonchev–Trinajstić information content (AvgIpc) is 2.93. The first-order chi connectivity index (χ1) is 12.0. The van der Waals surface area contributed by atoms with Crippen LogP contribution in [0.5, 0.6) is 0 Å². The fraction of sp³-hybridized carbons (Fsp3) is 0.294. The SMILES string of the molecule is CCN1CCc2c(sc(NC(=O)Nc3ccc(Br)cc3)c2C(N)=O)C1. The summed E-state index contributed by atoms with van der Waals surface area (Å²) >= 11 is 4.78. The Morgan fingerprint density at radius 1 is 1.28 bits per heavy atom. The van der Waals surface area contributed by atoms with Crippen molar-refractivity contribution in [2.45, 2.75) is 19.9 Å². The molecule has 6 nitrogen and oxygen atoms in total. The molecule has 0 aliphatic carbocycles. The molecule has 1 aliphatic rings. The number of halogens is 1. The molecule has 132 valence electrons. The second kappa shape index (κ2) is 7.55. The number of hydrogen-bond acceptors (Lipinski definition) is 4. The van der Waals surface area contributed by atoms with Gasteiger partial charge in [-0.05, 0) is 42.8 Å².